The largest absolute Gasteiger partial charge is 0.473 e. The van der Waals surface area contributed by atoms with Gasteiger partial charge < -0.3 is 10.5 Å². The number of ether oxygens (including phenoxy) is 1. The van der Waals surface area contributed by atoms with Gasteiger partial charge in [-0.2, -0.15) is 0 Å². The maximum absolute atomic E-state index is 14.8. The Labute approximate surface area is 190 Å². The van der Waals surface area contributed by atoms with E-state index in [1.54, 1.807) is 6.07 Å². The van der Waals surface area contributed by atoms with Crippen LogP contribution < -0.4 is 10.5 Å². The average Bonchev–Trinajstić information content (AvgIpc) is 3.25. The lowest BCUT2D eigenvalue weighted by Gasteiger charge is -2.10. The van der Waals surface area contributed by atoms with Crippen LogP contribution in [0.5, 0.6) is 5.88 Å². The third kappa shape index (κ3) is 5.12. The summed E-state index contributed by atoms with van der Waals surface area (Å²) in [5.41, 5.74) is 5.38. The minimum Gasteiger partial charge on any atom is -0.473 e. The third-order valence-corrected chi connectivity index (χ3v) is 4.87. The number of hydrogen-bond acceptors (Lipinski definition) is 5. The van der Waals surface area contributed by atoms with E-state index in [2.05, 4.69) is 20.2 Å². The standard InChI is InChI=1S/C22H15ClF3N5O2/c23-13-5-4-11(15(24)8-13)10-33-20-3-1-2-18(28-20)14-9-16(25)12(6-17(14)26)7-19-29-22(21(27)32)31-30-19/h1-6,8-9H,7,10H2,(H2,27,32)(H,29,30,31). The van der Waals surface area contributed by atoms with Gasteiger partial charge in [0.2, 0.25) is 11.7 Å². The number of nitrogens with zero attached hydrogens (tertiary/aromatic N) is 3. The lowest BCUT2D eigenvalue weighted by atomic mass is 10.0. The summed E-state index contributed by atoms with van der Waals surface area (Å²) in [5, 5.41) is 6.32. The van der Waals surface area contributed by atoms with E-state index >= 15 is 0 Å². The van der Waals surface area contributed by atoms with E-state index in [4.69, 9.17) is 22.1 Å². The molecule has 33 heavy (non-hydrogen) atoms. The van der Waals surface area contributed by atoms with E-state index in [1.807, 2.05) is 0 Å². The Morgan fingerprint density at radius 2 is 1.79 bits per heavy atom. The van der Waals surface area contributed by atoms with Crippen LogP contribution in [0.4, 0.5) is 13.2 Å². The smallest absolute Gasteiger partial charge is 0.288 e. The zero-order chi connectivity index (χ0) is 23.5. The molecule has 1 amide bonds. The van der Waals surface area contributed by atoms with Crippen molar-refractivity contribution in [3.63, 3.8) is 0 Å². The molecule has 0 unspecified atom stereocenters. The fourth-order valence-electron chi connectivity index (χ4n) is 3.02. The zero-order valence-corrected chi connectivity index (χ0v) is 17.5. The number of hydrogen-bond donors (Lipinski definition) is 2. The number of H-pyrrole nitrogens is 1. The average molecular weight is 474 g/mol. The molecule has 7 nitrogen and oxygen atoms in total. The Bertz CT molecular complexity index is 1350. The second-order valence-electron chi connectivity index (χ2n) is 6.96. The lowest BCUT2D eigenvalue weighted by molar-refractivity contribution is 0.0990. The van der Waals surface area contributed by atoms with Crippen molar-refractivity contribution in [2.45, 2.75) is 13.0 Å². The van der Waals surface area contributed by atoms with Gasteiger partial charge in [0.25, 0.3) is 5.91 Å². The fourth-order valence-corrected chi connectivity index (χ4v) is 3.18. The van der Waals surface area contributed by atoms with Crippen LogP contribution in [0.15, 0.2) is 48.5 Å². The van der Waals surface area contributed by atoms with Gasteiger partial charge in [0.1, 0.15) is 29.9 Å². The van der Waals surface area contributed by atoms with Crippen LogP contribution in [0.25, 0.3) is 11.3 Å². The number of carbonyl (C=O) groups is 1. The number of nitrogens with two attached hydrogens (primary N) is 1. The van der Waals surface area contributed by atoms with Crippen molar-refractivity contribution in [1.82, 2.24) is 20.2 Å². The highest BCUT2D eigenvalue weighted by atomic mass is 35.5. The van der Waals surface area contributed by atoms with Crippen LogP contribution in [0.3, 0.4) is 0 Å². The molecule has 4 rings (SSSR count). The number of amides is 1. The fraction of sp³-hybridized carbons (Fsp3) is 0.0909. The summed E-state index contributed by atoms with van der Waals surface area (Å²) < 4.78 is 48.9. The predicted molar refractivity (Wildman–Crippen MR) is 113 cm³/mol. The van der Waals surface area contributed by atoms with Crippen LogP contribution in [-0.2, 0) is 13.0 Å². The molecule has 168 valence electrons. The van der Waals surface area contributed by atoms with Crippen molar-refractivity contribution >= 4 is 17.5 Å². The monoisotopic (exact) mass is 473 g/mol. The molecular formula is C22H15ClF3N5O2. The van der Waals surface area contributed by atoms with Crippen LogP contribution in [-0.4, -0.2) is 26.1 Å². The van der Waals surface area contributed by atoms with Crippen LogP contribution in [0, 0.1) is 17.5 Å². The highest BCUT2D eigenvalue weighted by molar-refractivity contribution is 6.30. The number of halogens is 4. The highest BCUT2D eigenvalue weighted by Crippen LogP contribution is 2.27. The number of rotatable bonds is 7. The van der Waals surface area contributed by atoms with Crippen molar-refractivity contribution in [3.05, 3.63) is 93.8 Å². The summed E-state index contributed by atoms with van der Waals surface area (Å²) in [7, 11) is 0. The molecule has 0 spiro atoms. The minimum absolute atomic E-state index is 0.00552. The first-order chi connectivity index (χ1) is 15.8. The summed E-state index contributed by atoms with van der Waals surface area (Å²) in [4.78, 5) is 19.1. The van der Waals surface area contributed by atoms with Gasteiger partial charge in [-0.15, -0.1) is 5.10 Å². The van der Waals surface area contributed by atoms with Gasteiger partial charge in [-0.1, -0.05) is 23.7 Å². The molecule has 2 aromatic heterocycles. The predicted octanol–water partition coefficient (Wildman–Crippen LogP) is 4.21. The van der Waals surface area contributed by atoms with E-state index < -0.39 is 23.4 Å². The summed E-state index contributed by atoms with van der Waals surface area (Å²) in [6.45, 7) is -0.125. The summed E-state index contributed by atoms with van der Waals surface area (Å²) in [6.07, 6.45) is -0.132. The SMILES string of the molecule is NC(=O)c1n[nH]c(Cc2cc(F)c(-c3cccc(OCc4ccc(Cl)cc4F)n3)cc2F)n1. The van der Waals surface area contributed by atoms with Gasteiger partial charge in [0, 0.05) is 28.6 Å². The minimum atomic E-state index is -0.841. The Morgan fingerprint density at radius 1 is 1.00 bits per heavy atom. The van der Waals surface area contributed by atoms with E-state index in [1.165, 1.54) is 24.3 Å². The number of nitrogens with one attached hydrogen (secondary N) is 1. The van der Waals surface area contributed by atoms with E-state index in [-0.39, 0.29) is 58.0 Å². The zero-order valence-electron chi connectivity index (χ0n) is 16.8. The summed E-state index contributed by atoms with van der Waals surface area (Å²) >= 11 is 5.73. The quantitative estimate of drug-likeness (QED) is 0.418. The van der Waals surface area contributed by atoms with Gasteiger partial charge in [0.05, 0.1) is 5.69 Å². The molecule has 0 fully saturated rings. The highest BCUT2D eigenvalue weighted by Gasteiger charge is 2.16. The molecule has 2 heterocycles. The molecular weight excluding hydrogens is 459 g/mol. The Morgan fingerprint density at radius 3 is 2.52 bits per heavy atom. The number of aromatic nitrogens is 4. The number of benzene rings is 2. The second-order valence-corrected chi connectivity index (χ2v) is 7.39. The topological polar surface area (TPSA) is 107 Å². The molecule has 2 aromatic carbocycles. The van der Waals surface area contributed by atoms with E-state index in [0.29, 0.717) is 0 Å². The summed E-state index contributed by atoms with van der Waals surface area (Å²) in [5.74, 6) is -2.80. The van der Waals surface area contributed by atoms with Crippen molar-refractivity contribution in [3.8, 4) is 17.1 Å². The molecule has 0 aliphatic carbocycles. The molecule has 0 saturated carbocycles. The second kappa shape index (κ2) is 9.29. The van der Waals surface area contributed by atoms with Crippen molar-refractivity contribution in [2.75, 3.05) is 0 Å². The molecule has 0 atom stereocenters. The van der Waals surface area contributed by atoms with Gasteiger partial charge in [0.15, 0.2) is 0 Å². The Balaban J connectivity index is 1.53. The lowest BCUT2D eigenvalue weighted by Crippen LogP contribution is -2.12. The number of aromatic amines is 1. The molecule has 4 aromatic rings. The molecule has 0 radical (unpaired) electrons. The Hall–Kier alpha value is -3.92. The molecule has 11 heteroatoms. The summed E-state index contributed by atoms with van der Waals surface area (Å²) in [6, 6.07) is 10.7. The third-order valence-electron chi connectivity index (χ3n) is 4.64. The molecule has 0 aliphatic heterocycles. The number of primary amides is 1. The van der Waals surface area contributed by atoms with Crippen molar-refractivity contribution in [1.29, 1.82) is 0 Å². The maximum atomic E-state index is 14.8. The normalized spacial score (nSPS) is 10.9. The van der Waals surface area contributed by atoms with E-state index in [9.17, 15) is 18.0 Å². The first-order valence-corrected chi connectivity index (χ1v) is 9.91. The van der Waals surface area contributed by atoms with Gasteiger partial charge in [-0.3, -0.25) is 9.89 Å². The molecule has 0 saturated heterocycles. The molecule has 0 aliphatic rings. The van der Waals surface area contributed by atoms with Gasteiger partial charge >= 0.3 is 0 Å². The van der Waals surface area contributed by atoms with E-state index in [0.717, 1.165) is 18.2 Å². The first kappa shape index (κ1) is 22.3. The van der Waals surface area contributed by atoms with Crippen LogP contribution in [0.1, 0.15) is 27.6 Å². The first-order valence-electron chi connectivity index (χ1n) is 9.53. The van der Waals surface area contributed by atoms with Crippen molar-refractivity contribution < 1.29 is 22.7 Å². The van der Waals surface area contributed by atoms with Crippen molar-refractivity contribution in [2.24, 2.45) is 5.73 Å². The molecule has 0 bridgehead atoms. The van der Waals surface area contributed by atoms with Crippen LogP contribution in [0.2, 0.25) is 5.02 Å². The molecule has 3 N–H and O–H groups in total. The Kier molecular flexibility index (Phi) is 6.27. The maximum Gasteiger partial charge on any atom is 0.288 e. The number of carbonyl (C=O) groups excluding carboxylic acids is 1. The number of pyridine rings is 1. The van der Waals surface area contributed by atoms with Crippen LogP contribution >= 0.6 is 11.6 Å². The van der Waals surface area contributed by atoms with Gasteiger partial charge in [-0.05, 0) is 35.9 Å². The van der Waals surface area contributed by atoms with Gasteiger partial charge in [-0.25, -0.2) is 23.1 Å².